The van der Waals surface area contributed by atoms with Crippen LogP contribution in [0.25, 0.3) is 0 Å². The van der Waals surface area contributed by atoms with Gasteiger partial charge in [0.15, 0.2) is 0 Å². The molecule has 186 valence electrons. The third-order valence-corrected chi connectivity index (χ3v) is 6.40. The summed E-state index contributed by atoms with van der Waals surface area (Å²) in [4.78, 5) is 43.4. The van der Waals surface area contributed by atoms with E-state index in [1.807, 2.05) is 44.2 Å². The molecule has 0 saturated carbocycles. The van der Waals surface area contributed by atoms with Crippen molar-refractivity contribution in [2.45, 2.75) is 39.0 Å². The average molecular weight is 480 g/mol. The van der Waals surface area contributed by atoms with Gasteiger partial charge in [0, 0.05) is 13.1 Å². The van der Waals surface area contributed by atoms with Crippen LogP contribution in [0.1, 0.15) is 25.8 Å². The van der Waals surface area contributed by atoms with Gasteiger partial charge in [-0.15, -0.1) is 12.8 Å². The highest BCUT2D eigenvalue weighted by Crippen LogP contribution is 2.30. The van der Waals surface area contributed by atoms with Crippen LogP contribution in [0.15, 0.2) is 30.3 Å². The number of hydrogen-bond donors (Lipinski definition) is 1. The lowest BCUT2D eigenvalue weighted by molar-refractivity contribution is -0.192. The molecule has 1 aromatic rings. The molecule has 0 aliphatic carbocycles. The van der Waals surface area contributed by atoms with E-state index in [1.165, 1.54) is 5.01 Å². The highest BCUT2D eigenvalue weighted by Gasteiger charge is 2.52. The summed E-state index contributed by atoms with van der Waals surface area (Å²) in [5.74, 6) is 4.47. The molecule has 0 radical (unpaired) electrons. The molecule has 4 amide bonds. The van der Waals surface area contributed by atoms with Crippen molar-refractivity contribution >= 4 is 17.8 Å². The zero-order chi connectivity index (χ0) is 25.4. The van der Waals surface area contributed by atoms with Crippen molar-refractivity contribution in [3.63, 3.8) is 0 Å². The van der Waals surface area contributed by atoms with Gasteiger partial charge in [-0.25, -0.2) is 9.80 Å². The second-order valence-electron chi connectivity index (χ2n) is 8.67. The van der Waals surface area contributed by atoms with Gasteiger partial charge in [-0.2, -0.15) is 5.01 Å². The predicted molar refractivity (Wildman–Crippen MR) is 131 cm³/mol. The van der Waals surface area contributed by atoms with Crippen molar-refractivity contribution in [3.05, 3.63) is 35.9 Å². The zero-order valence-corrected chi connectivity index (χ0v) is 20.4. The molecule has 0 spiro atoms. The molecule has 1 unspecified atom stereocenters. The highest BCUT2D eigenvalue weighted by molar-refractivity contribution is 5.91. The van der Waals surface area contributed by atoms with Crippen molar-refractivity contribution < 1.29 is 19.1 Å². The molecule has 1 aromatic carbocycles. The van der Waals surface area contributed by atoms with Gasteiger partial charge in [-0.1, -0.05) is 62.4 Å². The molecule has 3 rings (SSSR count). The van der Waals surface area contributed by atoms with Crippen molar-refractivity contribution in [1.82, 2.24) is 25.1 Å². The van der Waals surface area contributed by atoms with Gasteiger partial charge in [0.25, 0.3) is 0 Å². The molecule has 3 atom stereocenters. The average Bonchev–Trinajstić information content (AvgIpc) is 2.86. The number of amides is 4. The summed E-state index contributed by atoms with van der Waals surface area (Å²) >= 11 is 0. The van der Waals surface area contributed by atoms with E-state index in [-0.39, 0.29) is 56.6 Å². The maximum atomic E-state index is 13.5. The van der Waals surface area contributed by atoms with Gasteiger partial charge < -0.3 is 19.9 Å². The number of nitrogens with one attached hydrogen (secondary N) is 1. The van der Waals surface area contributed by atoms with E-state index in [1.54, 1.807) is 14.8 Å². The highest BCUT2D eigenvalue weighted by atomic mass is 16.5. The van der Waals surface area contributed by atoms with Crippen LogP contribution in [0.5, 0.6) is 0 Å². The van der Waals surface area contributed by atoms with Gasteiger partial charge in [-0.05, 0) is 11.5 Å². The molecule has 2 saturated heterocycles. The number of ether oxygens (including phenoxy) is 1. The fourth-order valence-electron chi connectivity index (χ4n) is 4.49. The van der Waals surface area contributed by atoms with Crippen molar-refractivity contribution in [2.24, 2.45) is 5.92 Å². The van der Waals surface area contributed by atoms with Crippen LogP contribution in [-0.2, 0) is 20.9 Å². The van der Waals surface area contributed by atoms with Crippen LogP contribution in [0, 0.1) is 30.6 Å². The zero-order valence-electron chi connectivity index (χ0n) is 20.4. The fraction of sp³-hybridized carbons (Fsp3) is 0.500. The normalized spacial score (nSPS) is 21.2. The Kier molecular flexibility index (Phi) is 9.13. The molecule has 0 aromatic heterocycles. The topological polar surface area (TPSA) is 85.4 Å². The summed E-state index contributed by atoms with van der Waals surface area (Å²) in [6, 6.07) is 8.48. The number of rotatable bonds is 9. The smallest absolute Gasteiger partial charge is 0.334 e. The Labute approximate surface area is 207 Å². The number of carbonyl (C=O) groups is 3. The predicted octanol–water partition coefficient (Wildman–Crippen LogP) is 1.12. The quantitative estimate of drug-likeness (QED) is 0.424. The molecular formula is C26H33N5O4. The lowest BCUT2D eigenvalue weighted by Crippen LogP contribution is -2.77. The third-order valence-electron chi connectivity index (χ3n) is 6.40. The molecule has 2 fully saturated rings. The Morgan fingerprint density at radius 2 is 1.97 bits per heavy atom. The van der Waals surface area contributed by atoms with E-state index >= 15 is 0 Å². The monoisotopic (exact) mass is 479 g/mol. The Bertz CT molecular complexity index is 986. The first kappa shape index (κ1) is 26.1. The van der Waals surface area contributed by atoms with Gasteiger partial charge in [0.05, 0.1) is 26.2 Å². The van der Waals surface area contributed by atoms with Crippen molar-refractivity contribution in [1.29, 1.82) is 0 Å². The summed E-state index contributed by atoms with van der Waals surface area (Å²) in [6.45, 7) is 5.11. The number of piperazine rings is 1. The van der Waals surface area contributed by atoms with Crippen LogP contribution < -0.4 is 5.32 Å². The maximum Gasteiger partial charge on any atom is 0.334 e. The summed E-state index contributed by atoms with van der Waals surface area (Å²) in [5, 5.41) is 6.01. The summed E-state index contributed by atoms with van der Waals surface area (Å²) in [6.07, 6.45) is 10.8. The minimum atomic E-state index is -0.690. The van der Waals surface area contributed by atoms with E-state index in [2.05, 4.69) is 17.2 Å². The van der Waals surface area contributed by atoms with Crippen LogP contribution in [0.3, 0.4) is 0 Å². The van der Waals surface area contributed by atoms with Gasteiger partial charge in [0.2, 0.25) is 11.8 Å². The van der Waals surface area contributed by atoms with Crippen LogP contribution >= 0.6 is 0 Å². The van der Waals surface area contributed by atoms with E-state index < -0.39 is 12.2 Å². The van der Waals surface area contributed by atoms with Gasteiger partial charge in [-0.3, -0.25) is 9.59 Å². The Morgan fingerprint density at radius 1 is 1.23 bits per heavy atom. The minimum absolute atomic E-state index is 0.0784. The van der Waals surface area contributed by atoms with Crippen LogP contribution in [-0.4, -0.2) is 89.3 Å². The first-order valence-corrected chi connectivity index (χ1v) is 11.8. The maximum absolute atomic E-state index is 13.5. The SMILES string of the molecule is C#CCOCCN1C[C@H]2N(C(=O)CN(CC#C)N2C(=O)NCc2ccccc2)[C@@H](C(C)CC)C1=O. The lowest BCUT2D eigenvalue weighted by atomic mass is 9.92. The second kappa shape index (κ2) is 12.3. The van der Waals surface area contributed by atoms with E-state index in [0.717, 1.165) is 5.56 Å². The summed E-state index contributed by atoms with van der Waals surface area (Å²) in [5.41, 5.74) is 0.942. The third kappa shape index (κ3) is 5.94. The Balaban J connectivity index is 1.90. The molecule has 2 aliphatic rings. The number of nitrogens with zero attached hydrogens (tertiary/aromatic N) is 4. The number of urea groups is 1. The minimum Gasteiger partial charge on any atom is -0.367 e. The Morgan fingerprint density at radius 3 is 2.63 bits per heavy atom. The molecule has 9 heteroatoms. The standard InChI is InChI=1S/C26H33N5O4/c1-5-13-29-19-23(32)30-22(31(29)26(34)27-17-21-11-9-8-10-12-21)18-28(14-16-35-15-6-2)25(33)24(30)20(4)7-3/h1-2,8-12,20,22,24H,7,13-19H2,3-4H3,(H,27,34)/t20?,22-,24-/m0/s1. The van der Waals surface area contributed by atoms with Crippen molar-refractivity contribution in [2.75, 3.05) is 39.4 Å². The largest absolute Gasteiger partial charge is 0.367 e. The lowest BCUT2D eigenvalue weighted by Gasteiger charge is -2.55. The van der Waals surface area contributed by atoms with E-state index in [4.69, 9.17) is 17.6 Å². The summed E-state index contributed by atoms with van der Waals surface area (Å²) < 4.78 is 5.39. The van der Waals surface area contributed by atoms with Gasteiger partial charge >= 0.3 is 6.03 Å². The molecule has 0 bridgehead atoms. The number of terminal acetylenes is 2. The van der Waals surface area contributed by atoms with E-state index in [9.17, 15) is 14.4 Å². The van der Waals surface area contributed by atoms with E-state index in [0.29, 0.717) is 19.5 Å². The number of fused-ring (bicyclic) bond motifs is 1. The number of hydrazine groups is 1. The van der Waals surface area contributed by atoms with Crippen LogP contribution in [0.4, 0.5) is 4.79 Å². The number of carbonyl (C=O) groups excluding carboxylic acids is 3. The number of benzene rings is 1. The molecule has 2 aliphatic heterocycles. The molecular weight excluding hydrogens is 446 g/mol. The van der Waals surface area contributed by atoms with Crippen molar-refractivity contribution in [3.8, 4) is 24.7 Å². The fourth-order valence-corrected chi connectivity index (χ4v) is 4.49. The molecule has 9 nitrogen and oxygen atoms in total. The first-order chi connectivity index (χ1) is 16.9. The van der Waals surface area contributed by atoms with Gasteiger partial charge in [0.1, 0.15) is 18.8 Å². The Hall–Kier alpha value is -3.53. The summed E-state index contributed by atoms with van der Waals surface area (Å²) in [7, 11) is 0. The number of hydrogen-bond acceptors (Lipinski definition) is 5. The van der Waals surface area contributed by atoms with Crippen LogP contribution in [0.2, 0.25) is 0 Å². The molecule has 35 heavy (non-hydrogen) atoms. The first-order valence-electron chi connectivity index (χ1n) is 11.8. The molecule has 2 heterocycles. The second-order valence-corrected chi connectivity index (χ2v) is 8.67. The molecule has 1 N–H and O–H groups in total.